The van der Waals surface area contributed by atoms with Crippen LogP contribution in [0.1, 0.15) is 25.5 Å². The molecule has 0 atom stereocenters. The van der Waals surface area contributed by atoms with Crippen molar-refractivity contribution < 1.29 is 4.74 Å². The molecule has 0 bridgehead atoms. The fourth-order valence-electron chi connectivity index (χ4n) is 2.61. The number of benzene rings is 1. The highest BCUT2D eigenvalue weighted by molar-refractivity contribution is 5.84. The van der Waals surface area contributed by atoms with E-state index in [2.05, 4.69) is 39.4 Å². The van der Waals surface area contributed by atoms with Gasteiger partial charge in [-0.3, -0.25) is 0 Å². The summed E-state index contributed by atoms with van der Waals surface area (Å²) in [4.78, 5) is 13.7. The summed E-state index contributed by atoms with van der Waals surface area (Å²) in [5.74, 6) is 2.08. The number of hydrogen-bond donors (Lipinski definition) is 3. The third kappa shape index (κ3) is 3.85. The lowest BCUT2D eigenvalue weighted by Gasteiger charge is -2.12. The molecule has 26 heavy (non-hydrogen) atoms. The smallest absolute Gasteiger partial charge is 0.226 e. The largest absolute Gasteiger partial charge is 0.497 e. The Bertz CT molecular complexity index is 858. The van der Waals surface area contributed by atoms with Gasteiger partial charge >= 0.3 is 0 Å². The highest BCUT2D eigenvalue weighted by Crippen LogP contribution is 2.24. The van der Waals surface area contributed by atoms with Crippen LogP contribution in [0.5, 0.6) is 5.75 Å². The van der Waals surface area contributed by atoms with E-state index in [-0.39, 0.29) is 6.04 Å². The Morgan fingerprint density at radius 1 is 1.15 bits per heavy atom. The van der Waals surface area contributed by atoms with Gasteiger partial charge in [0.15, 0.2) is 17.0 Å². The van der Waals surface area contributed by atoms with E-state index in [0.717, 1.165) is 22.5 Å². The van der Waals surface area contributed by atoms with Crippen molar-refractivity contribution in [2.24, 2.45) is 5.73 Å². The number of nitrogens with zero attached hydrogens (tertiary/aromatic N) is 4. The van der Waals surface area contributed by atoms with Crippen molar-refractivity contribution in [3.8, 4) is 5.75 Å². The summed E-state index contributed by atoms with van der Waals surface area (Å²) in [6.45, 7) is 5.95. The summed E-state index contributed by atoms with van der Waals surface area (Å²) in [5, 5.41) is 6.52. The van der Waals surface area contributed by atoms with Crippen LogP contribution >= 0.6 is 0 Å². The first-order chi connectivity index (χ1) is 12.6. The molecule has 0 spiro atoms. The number of ether oxygens (including phenoxy) is 1. The molecule has 2 aromatic heterocycles. The molecular formula is C18H25N7O. The summed E-state index contributed by atoms with van der Waals surface area (Å²) in [7, 11) is 1.66. The second-order valence-corrected chi connectivity index (χ2v) is 6.23. The maximum Gasteiger partial charge on any atom is 0.226 e. The topological polar surface area (TPSA) is 103 Å². The molecule has 4 N–H and O–H groups in total. The first-order valence-electron chi connectivity index (χ1n) is 8.67. The first-order valence-corrected chi connectivity index (χ1v) is 8.67. The van der Waals surface area contributed by atoms with Crippen molar-refractivity contribution >= 4 is 22.9 Å². The SMILES string of the molecule is COc1ccc(CNc2nc(NCCN)nc3c2ncn3C(C)C)cc1. The third-order valence-corrected chi connectivity index (χ3v) is 4.02. The minimum absolute atomic E-state index is 0.256. The number of rotatable bonds is 8. The fraction of sp³-hybridized carbons (Fsp3) is 0.389. The van der Waals surface area contributed by atoms with E-state index in [9.17, 15) is 0 Å². The van der Waals surface area contributed by atoms with E-state index in [1.807, 2.05) is 28.8 Å². The lowest BCUT2D eigenvalue weighted by Crippen LogP contribution is -2.16. The molecule has 0 fully saturated rings. The van der Waals surface area contributed by atoms with Crippen LogP contribution in [0.25, 0.3) is 11.2 Å². The summed E-state index contributed by atoms with van der Waals surface area (Å²) < 4.78 is 7.23. The molecule has 0 amide bonds. The highest BCUT2D eigenvalue weighted by atomic mass is 16.5. The Hall–Kier alpha value is -2.87. The molecule has 3 aromatic rings. The molecule has 138 valence electrons. The Kier molecular flexibility index (Phi) is 5.52. The predicted octanol–water partition coefficient (Wildman–Crippen LogP) is 2.40. The first kappa shape index (κ1) is 17.9. The zero-order chi connectivity index (χ0) is 18.5. The molecule has 8 heteroatoms. The maximum absolute atomic E-state index is 5.58. The molecular weight excluding hydrogens is 330 g/mol. The van der Waals surface area contributed by atoms with Crippen molar-refractivity contribution in [2.45, 2.75) is 26.4 Å². The van der Waals surface area contributed by atoms with Gasteiger partial charge in [-0.15, -0.1) is 0 Å². The molecule has 0 aliphatic heterocycles. The number of fused-ring (bicyclic) bond motifs is 1. The van der Waals surface area contributed by atoms with Gasteiger partial charge in [0.25, 0.3) is 0 Å². The molecule has 0 unspecified atom stereocenters. The number of aromatic nitrogens is 4. The number of nitrogens with two attached hydrogens (primary N) is 1. The monoisotopic (exact) mass is 355 g/mol. The standard InChI is InChI=1S/C18H25N7O/c1-12(2)25-11-22-15-16(23-18(20-9-8-19)24-17(15)25)21-10-13-4-6-14(26-3)7-5-13/h4-7,11-12H,8-10,19H2,1-3H3,(H2,20,21,23,24). The summed E-state index contributed by atoms with van der Waals surface area (Å²) in [6, 6.07) is 8.17. The van der Waals surface area contributed by atoms with Gasteiger partial charge < -0.3 is 25.7 Å². The lowest BCUT2D eigenvalue weighted by molar-refractivity contribution is 0.414. The maximum atomic E-state index is 5.58. The van der Waals surface area contributed by atoms with E-state index >= 15 is 0 Å². The van der Waals surface area contributed by atoms with Crippen molar-refractivity contribution in [3.05, 3.63) is 36.2 Å². The van der Waals surface area contributed by atoms with Gasteiger partial charge in [-0.1, -0.05) is 12.1 Å². The molecule has 3 rings (SSSR count). The van der Waals surface area contributed by atoms with Crippen LogP contribution in [-0.4, -0.2) is 39.7 Å². The Morgan fingerprint density at radius 2 is 1.92 bits per heavy atom. The molecule has 0 saturated carbocycles. The fourth-order valence-corrected chi connectivity index (χ4v) is 2.61. The van der Waals surface area contributed by atoms with Gasteiger partial charge in [0.2, 0.25) is 5.95 Å². The Morgan fingerprint density at radius 3 is 2.58 bits per heavy atom. The van der Waals surface area contributed by atoms with E-state index in [0.29, 0.717) is 31.4 Å². The molecule has 2 heterocycles. The van der Waals surface area contributed by atoms with Gasteiger partial charge in [-0.25, -0.2) is 4.98 Å². The molecule has 0 radical (unpaired) electrons. The van der Waals surface area contributed by atoms with Crippen LogP contribution in [0.4, 0.5) is 11.8 Å². The molecule has 0 aliphatic rings. The van der Waals surface area contributed by atoms with Crippen LogP contribution < -0.4 is 21.1 Å². The van der Waals surface area contributed by atoms with Crippen molar-refractivity contribution in [3.63, 3.8) is 0 Å². The lowest BCUT2D eigenvalue weighted by atomic mass is 10.2. The van der Waals surface area contributed by atoms with Crippen LogP contribution in [0.2, 0.25) is 0 Å². The summed E-state index contributed by atoms with van der Waals surface area (Å²) in [5.41, 5.74) is 8.26. The third-order valence-electron chi connectivity index (χ3n) is 4.02. The summed E-state index contributed by atoms with van der Waals surface area (Å²) in [6.07, 6.45) is 1.80. The number of imidazole rings is 1. The van der Waals surface area contributed by atoms with Gasteiger partial charge in [-0.2, -0.15) is 9.97 Å². The average Bonchev–Trinajstić information content (AvgIpc) is 3.09. The average molecular weight is 355 g/mol. The highest BCUT2D eigenvalue weighted by Gasteiger charge is 2.14. The zero-order valence-electron chi connectivity index (χ0n) is 15.4. The minimum Gasteiger partial charge on any atom is -0.497 e. The van der Waals surface area contributed by atoms with E-state index < -0.39 is 0 Å². The second kappa shape index (κ2) is 8.01. The minimum atomic E-state index is 0.256. The van der Waals surface area contributed by atoms with Gasteiger partial charge in [-0.05, 0) is 31.5 Å². The van der Waals surface area contributed by atoms with E-state index in [1.165, 1.54) is 0 Å². The van der Waals surface area contributed by atoms with Crippen LogP contribution in [0.15, 0.2) is 30.6 Å². The molecule has 0 saturated heterocycles. The number of nitrogens with one attached hydrogen (secondary N) is 2. The van der Waals surface area contributed by atoms with Gasteiger partial charge in [0, 0.05) is 25.7 Å². The van der Waals surface area contributed by atoms with Crippen molar-refractivity contribution in [1.82, 2.24) is 19.5 Å². The number of anilines is 2. The Balaban J connectivity index is 1.89. The van der Waals surface area contributed by atoms with Crippen molar-refractivity contribution in [1.29, 1.82) is 0 Å². The van der Waals surface area contributed by atoms with Crippen LogP contribution in [0, 0.1) is 0 Å². The van der Waals surface area contributed by atoms with Gasteiger partial charge in [0.05, 0.1) is 13.4 Å². The number of methoxy groups -OCH3 is 1. The van der Waals surface area contributed by atoms with E-state index in [1.54, 1.807) is 13.4 Å². The van der Waals surface area contributed by atoms with Crippen LogP contribution in [-0.2, 0) is 6.54 Å². The quantitative estimate of drug-likeness (QED) is 0.570. The Labute approximate surface area is 152 Å². The molecule has 1 aromatic carbocycles. The number of hydrogen-bond acceptors (Lipinski definition) is 7. The zero-order valence-corrected chi connectivity index (χ0v) is 15.4. The van der Waals surface area contributed by atoms with Crippen molar-refractivity contribution in [2.75, 3.05) is 30.8 Å². The van der Waals surface area contributed by atoms with E-state index in [4.69, 9.17) is 10.5 Å². The van der Waals surface area contributed by atoms with Crippen LogP contribution in [0.3, 0.4) is 0 Å². The second-order valence-electron chi connectivity index (χ2n) is 6.23. The predicted molar refractivity (Wildman–Crippen MR) is 104 cm³/mol. The molecule has 0 aliphatic carbocycles. The normalized spacial score (nSPS) is 11.1. The van der Waals surface area contributed by atoms with Gasteiger partial charge in [0.1, 0.15) is 5.75 Å². The summed E-state index contributed by atoms with van der Waals surface area (Å²) >= 11 is 0. The molecule has 8 nitrogen and oxygen atoms in total.